The van der Waals surface area contributed by atoms with E-state index in [1.165, 1.54) is 18.2 Å². The molecular formula is C15H17FN2O2. The van der Waals surface area contributed by atoms with Crippen molar-refractivity contribution in [1.29, 1.82) is 0 Å². The van der Waals surface area contributed by atoms with Crippen LogP contribution in [0.4, 0.5) is 4.39 Å². The van der Waals surface area contributed by atoms with Crippen LogP contribution >= 0.6 is 0 Å². The summed E-state index contributed by atoms with van der Waals surface area (Å²) < 4.78 is 20.3. The summed E-state index contributed by atoms with van der Waals surface area (Å²) in [5.74, 6) is -0.415. The molecule has 106 valence electrons. The summed E-state index contributed by atoms with van der Waals surface area (Å²) in [7, 11) is 1.64. The van der Waals surface area contributed by atoms with Crippen LogP contribution in [-0.2, 0) is 10.3 Å². The molecule has 1 aliphatic rings. The SMILES string of the molecule is COCC1(n2cnc3ccc(F)cc3c2=O)CCCC1. The number of ether oxygens (including phenoxy) is 1. The summed E-state index contributed by atoms with van der Waals surface area (Å²) in [4.78, 5) is 16.9. The minimum atomic E-state index is -0.415. The first-order valence-electron chi connectivity index (χ1n) is 6.83. The van der Waals surface area contributed by atoms with E-state index < -0.39 is 5.82 Å². The molecule has 1 saturated carbocycles. The Kier molecular flexibility index (Phi) is 3.30. The summed E-state index contributed by atoms with van der Waals surface area (Å²) in [6.07, 6.45) is 5.49. The van der Waals surface area contributed by atoms with Crippen molar-refractivity contribution in [2.24, 2.45) is 0 Å². The summed E-state index contributed by atoms with van der Waals surface area (Å²) >= 11 is 0. The first-order chi connectivity index (χ1) is 9.66. The second-order valence-electron chi connectivity index (χ2n) is 5.45. The van der Waals surface area contributed by atoms with Gasteiger partial charge in [-0.2, -0.15) is 0 Å². The Morgan fingerprint density at radius 1 is 1.40 bits per heavy atom. The van der Waals surface area contributed by atoms with Crippen LogP contribution in [0, 0.1) is 5.82 Å². The Morgan fingerprint density at radius 3 is 2.85 bits per heavy atom. The molecule has 1 aliphatic carbocycles. The first-order valence-corrected chi connectivity index (χ1v) is 6.83. The fraction of sp³-hybridized carbons (Fsp3) is 0.467. The fourth-order valence-electron chi connectivity index (χ4n) is 3.19. The van der Waals surface area contributed by atoms with E-state index in [4.69, 9.17) is 4.74 Å². The molecule has 0 amide bonds. The van der Waals surface area contributed by atoms with Crippen LogP contribution in [0.3, 0.4) is 0 Å². The second kappa shape index (κ2) is 4.98. The van der Waals surface area contributed by atoms with Gasteiger partial charge in [-0.3, -0.25) is 9.36 Å². The van der Waals surface area contributed by atoms with E-state index in [0.29, 0.717) is 17.5 Å². The van der Waals surface area contributed by atoms with Crippen LogP contribution in [0.2, 0.25) is 0 Å². The molecule has 0 saturated heterocycles. The van der Waals surface area contributed by atoms with Gasteiger partial charge in [0.25, 0.3) is 5.56 Å². The van der Waals surface area contributed by atoms with Gasteiger partial charge in [-0.05, 0) is 31.0 Å². The van der Waals surface area contributed by atoms with E-state index in [9.17, 15) is 9.18 Å². The number of benzene rings is 1. The second-order valence-corrected chi connectivity index (χ2v) is 5.45. The van der Waals surface area contributed by atoms with Crippen molar-refractivity contribution in [3.8, 4) is 0 Å². The standard InChI is InChI=1S/C15H17FN2O2/c1-20-9-15(6-2-3-7-15)18-10-17-13-5-4-11(16)8-12(13)14(18)19/h4-5,8,10H,2-3,6-7,9H2,1H3. The normalized spacial score (nSPS) is 17.7. The molecule has 0 unspecified atom stereocenters. The minimum Gasteiger partial charge on any atom is -0.382 e. The van der Waals surface area contributed by atoms with Gasteiger partial charge in [0.1, 0.15) is 5.82 Å². The van der Waals surface area contributed by atoms with E-state index >= 15 is 0 Å². The van der Waals surface area contributed by atoms with Crippen molar-refractivity contribution in [3.63, 3.8) is 0 Å². The molecular weight excluding hydrogens is 259 g/mol. The lowest BCUT2D eigenvalue weighted by atomic mass is 9.98. The van der Waals surface area contributed by atoms with Crippen LogP contribution in [0.15, 0.2) is 29.3 Å². The van der Waals surface area contributed by atoms with Crippen LogP contribution in [0.25, 0.3) is 10.9 Å². The summed E-state index contributed by atoms with van der Waals surface area (Å²) in [6, 6.07) is 4.12. The highest BCUT2D eigenvalue weighted by atomic mass is 19.1. The highest BCUT2D eigenvalue weighted by Crippen LogP contribution is 2.35. The lowest BCUT2D eigenvalue weighted by Crippen LogP contribution is -2.42. The Balaban J connectivity index is 2.21. The van der Waals surface area contributed by atoms with Gasteiger partial charge in [-0.25, -0.2) is 9.37 Å². The van der Waals surface area contributed by atoms with Crippen molar-refractivity contribution >= 4 is 10.9 Å². The number of halogens is 1. The molecule has 0 aliphatic heterocycles. The molecule has 2 aromatic rings. The zero-order valence-electron chi connectivity index (χ0n) is 11.4. The average molecular weight is 276 g/mol. The third-order valence-corrected chi connectivity index (χ3v) is 4.18. The van der Waals surface area contributed by atoms with E-state index in [0.717, 1.165) is 25.7 Å². The van der Waals surface area contributed by atoms with Gasteiger partial charge in [0, 0.05) is 7.11 Å². The van der Waals surface area contributed by atoms with E-state index in [1.807, 2.05) is 0 Å². The molecule has 4 nitrogen and oxygen atoms in total. The van der Waals surface area contributed by atoms with Gasteiger partial charge in [0.2, 0.25) is 0 Å². The smallest absolute Gasteiger partial charge is 0.261 e. The molecule has 3 rings (SSSR count). The Bertz CT molecular complexity index is 690. The topological polar surface area (TPSA) is 44.1 Å². The summed E-state index contributed by atoms with van der Waals surface area (Å²) in [5.41, 5.74) is 0.00552. The monoisotopic (exact) mass is 276 g/mol. The molecule has 20 heavy (non-hydrogen) atoms. The fourth-order valence-corrected chi connectivity index (χ4v) is 3.19. The van der Waals surface area contributed by atoms with Gasteiger partial charge < -0.3 is 4.74 Å². The predicted octanol–water partition coefficient (Wildman–Crippen LogP) is 2.45. The molecule has 1 fully saturated rings. The maximum atomic E-state index is 13.4. The highest BCUT2D eigenvalue weighted by Gasteiger charge is 2.36. The third kappa shape index (κ3) is 2.02. The molecule has 0 atom stereocenters. The number of methoxy groups -OCH3 is 1. The zero-order chi connectivity index (χ0) is 14.2. The van der Waals surface area contributed by atoms with E-state index in [-0.39, 0.29) is 11.1 Å². The van der Waals surface area contributed by atoms with Crippen LogP contribution < -0.4 is 5.56 Å². The molecule has 1 aromatic carbocycles. The maximum Gasteiger partial charge on any atom is 0.261 e. The van der Waals surface area contributed by atoms with Gasteiger partial charge >= 0.3 is 0 Å². The largest absolute Gasteiger partial charge is 0.382 e. The molecule has 1 heterocycles. The predicted molar refractivity (Wildman–Crippen MR) is 74.3 cm³/mol. The molecule has 1 aromatic heterocycles. The van der Waals surface area contributed by atoms with Gasteiger partial charge in [-0.15, -0.1) is 0 Å². The van der Waals surface area contributed by atoms with Gasteiger partial charge in [0.05, 0.1) is 29.4 Å². The number of hydrogen-bond acceptors (Lipinski definition) is 3. The summed E-state index contributed by atoms with van der Waals surface area (Å²) in [6.45, 7) is 0.482. The van der Waals surface area contributed by atoms with E-state index in [1.54, 1.807) is 18.0 Å². The molecule has 0 spiro atoms. The van der Waals surface area contributed by atoms with Crippen molar-refractivity contribution in [2.75, 3.05) is 13.7 Å². The van der Waals surface area contributed by atoms with Crippen molar-refractivity contribution in [1.82, 2.24) is 9.55 Å². The maximum absolute atomic E-state index is 13.4. The zero-order valence-corrected chi connectivity index (χ0v) is 11.4. The van der Waals surface area contributed by atoms with Gasteiger partial charge in [-0.1, -0.05) is 12.8 Å². The molecule has 5 heteroatoms. The molecule has 0 bridgehead atoms. The van der Waals surface area contributed by atoms with Crippen LogP contribution in [0.5, 0.6) is 0 Å². The summed E-state index contributed by atoms with van der Waals surface area (Å²) in [5, 5.41) is 0.329. The number of fused-ring (bicyclic) bond motifs is 1. The first kappa shape index (κ1) is 13.2. The third-order valence-electron chi connectivity index (χ3n) is 4.18. The number of rotatable bonds is 3. The number of aromatic nitrogens is 2. The quantitative estimate of drug-likeness (QED) is 0.865. The Morgan fingerprint density at radius 2 is 2.15 bits per heavy atom. The minimum absolute atomic E-state index is 0.187. The van der Waals surface area contributed by atoms with Crippen molar-refractivity contribution in [3.05, 3.63) is 40.7 Å². The lowest BCUT2D eigenvalue weighted by Gasteiger charge is -2.30. The average Bonchev–Trinajstić information content (AvgIpc) is 2.90. The number of hydrogen-bond donors (Lipinski definition) is 0. The molecule has 0 radical (unpaired) electrons. The number of nitrogens with zero attached hydrogens (tertiary/aromatic N) is 2. The van der Waals surface area contributed by atoms with E-state index in [2.05, 4.69) is 4.98 Å². The Hall–Kier alpha value is -1.75. The highest BCUT2D eigenvalue weighted by molar-refractivity contribution is 5.77. The molecule has 0 N–H and O–H groups in total. The van der Waals surface area contributed by atoms with Crippen molar-refractivity contribution in [2.45, 2.75) is 31.2 Å². The van der Waals surface area contributed by atoms with Crippen LogP contribution in [-0.4, -0.2) is 23.3 Å². The van der Waals surface area contributed by atoms with Crippen LogP contribution in [0.1, 0.15) is 25.7 Å². The lowest BCUT2D eigenvalue weighted by molar-refractivity contribution is 0.0868. The van der Waals surface area contributed by atoms with Gasteiger partial charge in [0.15, 0.2) is 0 Å². The van der Waals surface area contributed by atoms with Crippen molar-refractivity contribution < 1.29 is 9.13 Å². The Labute approximate surface area is 116 Å².